The number of imidazole rings is 1. The van der Waals surface area contributed by atoms with E-state index in [0.29, 0.717) is 15.8 Å². The molecule has 0 N–H and O–H groups in total. The zero-order valence-corrected chi connectivity index (χ0v) is 19.3. The molecule has 0 radical (unpaired) electrons. The Hall–Kier alpha value is -3.18. The first-order valence-electron chi connectivity index (χ1n) is 9.24. The van der Waals surface area contributed by atoms with Crippen molar-refractivity contribution in [3.8, 4) is 11.1 Å². The molecule has 0 unspecified atom stereocenters. The largest absolute Gasteiger partial charge is 0.298 e. The summed E-state index contributed by atoms with van der Waals surface area (Å²) in [6, 6.07) is 7.46. The van der Waals surface area contributed by atoms with Crippen LogP contribution in [0.3, 0.4) is 0 Å². The van der Waals surface area contributed by atoms with Gasteiger partial charge < -0.3 is 0 Å². The van der Waals surface area contributed by atoms with Gasteiger partial charge in [0, 0.05) is 41.2 Å². The normalized spacial score (nSPS) is 12.0. The molecule has 7 nitrogen and oxygen atoms in total. The Morgan fingerprint density at radius 2 is 1.88 bits per heavy atom. The predicted octanol–water partition coefficient (Wildman–Crippen LogP) is 4.40. The average molecular weight is 520 g/mol. The smallest absolute Gasteiger partial charge is 0.284 e. The van der Waals surface area contributed by atoms with Gasteiger partial charge in [-0.2, -0.15) is 17.9 Å². The minimum atomic E-state index is -4.56. The van der Waals surface area contributed by atoms with E-state index in [1.807, 2.05) is 31.3 Å². The summed E-state index contributed by atoms with van der Waals surface area (Å²) in [6.07, 6.45) is 8.03. The third-order valence-electron chi connectivity index (χ3n) is 4.73. The van der Waals surface area contributed by atoms with Gasteiger partial charge in [-0.05, 0) is 36.8 Å². The summed E-state index contributed by atoms with van der Waals surface area (Å²) < 4.78 is 56.1. The van der Waals surface area contributed by atoms with Crippen LogP contribution in [0, 0.1) is 18.6 Å². The van der Waals surface area contributed by atoms with Gasteiger partial charge in [-0.1, -0.05) is 22.0 Å². The van der Waals surface area contributed by atoms with Crippen molar-refractivity contribution in [2.75, 3.05) is 7.05 Å². The number of sulfonamides is 1. The molecular formula is C21H16BrF2N5O2S. The van der Waals surface area contributed by atoms with Crippen molar-refractivity contribution < 1.29 is 17.2 Å². The van der Waals surface area contributed by atoms with Gasteiger partial charge in [0.05, 0.1) is 18.1 Å². The first-order valence-corrected chi connectivity index (χ1v) is 11.5. The van der Waals surface area contributed by atoms with E-state index in [-0.39, 0.29) is 4.47 Å². The number of aromatic nitrogens is 3. The van der Waals surface area contributed by atoms with Crippen LogP contribution < -0.4 is 0 Å². The van der Waals surface area contributed by atoms with Gasteiger partial charge in [-0.25, -0.2) is 13.8 Å². The molecule has 0 atom stereocenters. The second kappa shape index (κ2) is 8.40. The van der Waals surface area contributed by atoms with Gasteiger partial charge in [0.15, 0.2) is 4.90 Å². The Balaban J connectivity index is 1.72. The molecule has 3 aromatic heterocycles. The number of hydrogen-bond acceptors (Lipinski definition) is 5. The molecule has 11 heteroatoms. The van der Waals surface area contributed by atoms with Crippen LogP contribution in [0.4, 0.5) is 8.78 Å². The highest BCUT2D eigenvalue weighted by molar-refractivity contribution is 9.10. The number of nitrogens with zero attached hydrogens (tertiary/aromatic N) is 5. The van der Waals surface area contributed by atoms with Crippen molar-refractivity contribution in [3.05, 3.63) is 82.5 Å². The van der Waals surface area contributed by atoms with Crippen molar-refractivity contribution in [1.29, 1.82) is 0 Å². The van der Waals surface area contributed by atoms with Gasteiger partial charge in [0.2, 0.25) is 0 Å². The van der Waals surface area contributed by atoms with Crippen molar-refractivity contribution in [2.24, 2.45) is 5.10 Å². The van der Waals surface area contributed by atoms with Crippen LogP contribution in [0.15, 0.2) is 69.6 Å². The van der Waals surface area contributed by atoms with Crippen LogP contribution in [-0.4, -0.2) is 40.5 Å². The third kappa shape index (κ3) is 4.00. The number of benzene rings is 1. The topological polar surface area (TPSA) is 79.9 Å². The monoisotopic (exact) mass is 519 g/mol. The van der Waals surface area contributed by atoms with Crippen LogP contribution in [-0.2, 0) is 10.0 Å². The molecule has 0 aliphatic carbocycles. The number of aryl methyl sites for hydroxylation is 1. The van der Waals surface area contributed by atoms with Crippen LogP contribution >= 0.6 is 15.9 Å². The van der Waals surface area contributed by atoms with Crippen molar-refractivity contribution in [1.82, 2.24) is 18.8 Å². The molecule has 3 heterocycles. The number of fused-ring (bicyclic) bond motifs is 1. The number of halogens is 3. The Labute approximate surface area is 191 Å². The Bertz CT molecular complexity index is 1430. The standard InChI is InChI=1S/C21H16BrF2N5O2S/c1-13-6-15(14-4-3-5-25-9-14)12-29-17(10-26-21(13)29)11-27-28(2)32(30,31)20-18(23)7-16(22)8-19(20)24/h3-12H,1-2H3. The lowest BCUT2D eigenvalue weighted by Gasteiger charge is -2.15. The lowest BCUT2D eigenvalue weighted by molar-refractivity contribution is 0.465. The molecule has 4 aromatic rings. The van der Waals surface area contributed by atoms with Crippen LogP contribution in [0.25, 0.3) is 16.8 Å². The summed E-state index contributed by atoms with van der Waals surface area (Å²) in [6.45, 7) is 1.90. The fourth-order valence-electron chi connectivity index (χ4n) is 3.17. The van der Waals surface area contributed by atoms with Gasteiger partial charge >= 0.3 is 0 Å². The number of rotatable bonds is 5. The molecular weight excluding hydrogens is 504 g/mol. The summed E-state index contributed by atoms with van der Waals surface area (Å²) in [7, 11) is -3.46. The van der Waals surface area contributed by atoms with Crippen LogP contribution in [0.5, 0.6) is 0 Å². The molecule has 0 fully saturated rings. The van der Waals surface area contributed by atoms with E-state index in [1.54, 1.807) is 16.8 Å². The fourth-order valence-corrected chi connectivity index (χ4v) is 4.62. The van der Waals surface area contributed by atoms with Gasteiger partial charge in [0.25, 0.3) is 10.0 Å². The minimum Gasteiger partial charge on any atom is -0.298 e. The molecule has 0 amide bonds. The summed E-state index contributed by atoms with van der Waals surface area (Å²) >= 11 is 2.93. The van der Waals surface area contributed by atoms with Crippen molar-refractivity contribution >= 4 is 37.8 Å². The Kier molecular flexibility index (Phi) is 5.78. The Morgan fingerprint density at radius 1 is 1.16 bits per heavy atom. The molecule has 0 spiro atoms. The van der Waals surface area contributed by atoms with Crippen LogP contribution in [0.2, 0.25) is 0 Å². The lowest BCUT2D eigenvalue weighted by Crippen LogP contribution is -2.24. The molecule has 0 aliphatic rings. The second-order valence-corrected chi connectivity index (χ2v) is 9.72. The maximum absolute atomic E-state index is 14.2. The Morgan fingerprint density at radius 3 is 2.53 bits per heavy atom. The maximum Gasteiger partial charge on any atom is 0.284 e. The van der Waals surface area contributed by atoms with Gasteiger partial charge in [0.1, 0.15) is 17.3 Å². The van der Waals surface area contributed by atoms with E-state index in [1.165, 1.54) is 12.4 Å². The highest BCUT2D eigenvalue weighted by atomic mass is 79.9. The van der Waals surface area contributed by atoms with Crippen LogP contribution in [0.1, 0.15) is 11.3 Å². The average Bonchev–Trinajstić information content (AvgIpc) is 3.15. The summed E-state index contributed by atoms with van der Waals surface area (Å²) in [5.41, 5.74) is 3.82. The zero-order valence-electron chi connectivity index (χ0n) is 16.9. The van der Waals surface area contributed by atoms with E-state index in [0.717, 1.165) is 35.9 Å². The summed E-state index contributed by atoms with van der Waals surface area (Å²) in [5.74, 6) is -2.43. The summed E-state index contributed by atoms with van der Waals surface area (Å²) in [4.78, 5) is 7.40. The van der Waals surface area contributed by atoms with Crippen molar-refractivity contribution in [2.45, 2.75) is 11.8 Å². The number of pyridine rings is 2. The number of hydrazone groups is 1. The molecule has 4 rings (SSSR count). The third-order valence-corrected chi connectivity index (χ3v) is 6.89. The molecule has 0 aliphatic heterocycles. The molecule has 0 saturated carbocycles. The van der Waals surface area contributed by atoms with E-state index in [4.69, 9.17) is 0 Å². The second-order valence-electron chi connectivity index (χ2n) is 6.91. The molecule has 32 heavy (non-hydrogen) atoms. The van der Waals surface area contributed by atoms with E-state index >= 15 is 0 Å². The quantitative estimate of drug-likeness (QED) is 0.289. The fraction of sp³-hybridized carbons (Fsp3) is 0.0952. The minimum absolute atomic E-state index is 0.0862. The van der Waals surface area contributed by atoms with Gasteiger partial charge in [-0.15, -0.1) is 0 Å². The number of hydrogen-bond donors (Lipinski definition) is 0. The molecule has 164 valence electrons. The molecule has 0 saturated heterocycles. The highest BCUT2D eigenvalue weighted by Gasteiger charge is 2.28. The maximum atomic E-state index is 14.2. The van der Waals surface area contributed by atoms with E-state index in [2.05, 4.69) is 31.0 Å². The van der Waals surface area contributed by atoms with Gasteiger partial charge in [-0.3, -0.25) is 9.38 Å². The lowest BCUT2D eigenvalue weighted by atomic mass is 10.1. The van der Waals surface area contributed by atoms with E-state index in [9.17, 15) is 17.2 Å². The predicted molar refractivity (Wildman–Crippen MR) is 120 cm³/mol. The SMILES string of the molecule is Cc1cc(-c2cccnc2)cn2c(C=NN(C)S(=O)(=O)c3c(F)cc(Br)cc3F)cnc12. The first-order chi connectivity index (χ1) is 15.2. The van der Waals surface area contributed by atoms with E-state index < -0.39 is 26.6 Å². The van der Waals surface area contributed by atoms with Crippen molar-refractivity contribution in [3.63, 3.8) is 0 Å². The zero-order chi connectivity index (χ0) is 23.0. The molecule has 1 aromatic carbocycles. The first kappa shape index (κ1) is 22.0. The summed E-state index contributed by atoms with van der Waals surface area (Å²) in [5, 5.41) is 3.90. The highest BCUT2D eigenvalue weighted by Crippen LogP contribution is 2.26. The molecule has 0 bridgehead atoms.